The molecule has 0 radical (unpaired) electrons. The zero-order valence-corrected chi connectivity index (χ0v) is 19.3. The van der Waals surface area contributed by atoms with Crippen molar-refractivity contribution in [2.24, 2.45) is 10.9 Å². The van der Waals surface area contributed by atoms with E-state index in [9.17, 15) is 9.59 Å². The Morgan fingerprint density at radius 3 is 2.94 bits per heavy atom. The topological polar surface area (TPSA) is 81.1 Å². The van der Waals surface area contributed by atoms with Crippen molar-refractivity contribution < 1.29 is 9.59 Å². The number of piperidine rings is 1. The third-order valence-electron chi connectivity index (χ3n) is 6.11. The number of nitrogens with one attached hydrogen (secondary N) is 1. The number of carbonyl (C=O) groups is 2. The van der Waals surface area contributed by atoms with Crippen LogP contribution in [0.1, 0.15) is 19.8 Å². The number of imide groups is 1. The van der Waals surface area contributed by atoms with Crippen molar-refractivity contribution in [2.75, 3.05) is 32.4 Å². The number of thioether (sulfide) groups is 1. The van der Waals surface area contributed by atoms with Gasteiger partial charge in [0, 0.05) is 32.4 Å². The molecule has 1 aromatic heterocycles. The lowest BCUT2D eigenvalue weighted by Crippen LogP contribution is -2.64. The normalized spacial score (nSPS) is 26.3. The number of amides is 3. The van der Waals surface area contributed by atoms with E-state index in [1.165, 1.54) is 11.1 Å². The molecule has 0 saturated carbocycles. The van der Waals surface area contributed by atoms with Crippen LogP contribution >= 0.6 is 23.1 Å². The number of likely N-dealkylation sites (N-methyl/N-ethyl adjacent to an activating group) is 1. The summed E-state index contributed by atoms with van der Waals surface area (Å²) in [5.41, 5.74) is 1.02. The quantitative estimate of drug-likeness (QED) is 0.710. The first-order valence-electron chi connectivity index (χ1n) is 10.7. The van der Waals surface area contributed by atoms with E-state index >= 15 is 0 Å². The van der Waals surface area contributed by atoms with Gasteiger partial charge in [-0.1, -0.05) is 30.8 Å². The number of urea groups is 1. The minimum absolute atomic E-state index is 0.262. The minimum Gasteiger partial charge on any atom is -0.342 e. The molecule has 1 N–H and O–H groups in total. The molecule has 4 heterocycles. The number of fused-ring (bicyclic) bond motifs is 2. The van der Waals surface area contributed by atoms with Crippen LogP contribution in [0.2, 0.25) is 0 Å². The highest BCUT2D eigenvalue weighted by Gasteiger charge is 2.49. The zero-order valence-electron chi connectivity index (χ0n) is 17.7. The summed E-state index contributed by atoms with van der Waals surface area (Å²) in [4.78, 5) is 40.4. The van der Waals surface area contributed by atoms with Crippen LogP contribution in [0.4, 0.5) is 4.79 Å². The van der Waals surface area contributed by atoms with E-state index < -0.39 is 12.2 Å². The number of aliphatic imine (C=N–C) groups is 1. The lowest BCUT2D eigenvalue weighted by Gasteiger charge is -2.39. The number of rotatable bonds is 4. The number of para-hydroxylation sites is 1. The Hall–Kier alpha value is -2.33. The molecule has 3 aliphatic rings. The smallest absolute Gasteiger partial charge is 0.325 e. The van der Waals surface area contributed by atoms with Gasteiger partial charge in [-0.2, -0.15) is 0 Å². The van der Waals surface area contributed by atoms with Gasteiger partial charge >= 0.3 is 6.03 Å². The summed E-state index contributed by atoms with van der Waals surface area (Å²) < 4.78 is 2.21. The van der Waals surface area contributed by atoms with E-state index in [-0.39, 0.29) is 11.9 Å². The molecular weight excluding hydrogens is 432 g/mol. The Morgan fingerprint density at radius 1 is 1.29 bits per heavy atom. The summed E-state index contributed by atoms with van der Waals surface area (Å²) in [5, 5.41) is 2.49. The molecule has 2 fully saturated rings. The van der Waals surface area contributed by atoms with Gasteiger partial charge in [-0.3, -0.25) is 10.1 Å². The van der Waals surface area contributed by atoms with Crippen molar-refractivity contribution in [3.05, 3.63) is 24.3 Å². The number of nitrogens with zero attached hydrogens (tertiary/aromatic N) is 5. The van der Waals surface area contributed by atoms with Gasteiger partial charge in [-0.25, -0.2) is 14.8 Å². The fourth-order valence-electron chi connectivity index (χ4n) is 4.53. The van der Waals surface area contributed by atoms with Crippen molar-refractivity contribution in [3.8, 4) is 0 Å². The van der Waals surface area contributed by atoms with Crippen molar-refractivity contribution >= 4 is 51.2 Å². The molecule has 0 aliphatic carbocycles. The maximum absolute atomic E-state index is 12.8. The van der Waals surface area contributed by atoms with Gasteiger partial charge in [0.05, 0.1) is 10.2 Å². The number of benzene rings is 1. The summed E-state index contributed by atoms with van der Waals surface area (Å²) in [6.45, 7) is 4.79. The van der Waals surface area contributed by atoms with E-state index in [1.807, 2.05) is 18.2 Å². The molecule has 5 rings (SSSR count). The molecule has 2 saturated heterocycles. The number of aromatic nitrogens is 1. The van der Waals surface area contributed by atoms with Crippen LogP contribution in [0, 0.1) is 5.92 Å². The van der Waals surface area contributed by atoms with E-state index in [4.69, 9.17) is 9.98 Å². The largest absolute Gasteiger partial charge is 0.342 e. The molecule has 10 heteroatoms. The third-order valence-corrected chi connectivity index (χ3v) is 8.27. The third kappa shape index (κ3) is 3.87. The van der Waals surface area contributed by atoms with Crippen LogP contribution in [0.15, 0.2) is 33.6 Å². The summed E-state index contributed by atoms with van der Waals surface area (Å²) in [7, 11) is 1.71. The molecule has 31 heavy (non-hydrogen) atoms. The molecule has 3 unspecified atom stereocenters. The molecule has 3 atom stereocenters. The standard InChI is InChI=1S/C21H26N6O2S2/c1-13-6-5-9-26(12-13)19-23-17-16(18(28)24-20(29)25(17)2)27(19)10-11-30-21-22-14-7-3-4-8-15(14)31-21/h3-4,7-8,13,16-17H,5-6,9-12H2,1-2H3,(H,24,28,29). The van der Waals surface area contributed by atoms with Crippen molar-refractivity contribution in [1.82, 2.24) is 25.0 Å². The molecule has 1 aromatic carbocycles. The molecule has 3 aliphatic heterocycles. The van der Waals surface area contributed by atoms with Crippen LogP contribution < -0.4 is 5.32 Å². The van der Waals surface area contributed by atoms with E-state index in [1.54, 1.807) is 35.0 Å². The predicted octanol–water partition coefficient (Wildman–Crippen LogP) is 2.67. The second-order valence-corrected chi connectivity index (χ2v) is 10.7. The highest BCUT2D eigenvalue weighted by molar-refractivity contribution is 8.01. The maximum Gasteiger partial charge on any atom is 0.325 e. The van der Waals surface area contributed by atoms with Crippen LogP contribution in [0.3, 0.4) is 0 Å². The Bertz CT molecular complexity index is 1010. The first-order valence-corrected chi connectivity index (χ1v) is 12.5. The average Bonchev–Trinajstić information content (AvgIpc) is 3.34. The lowest BCUT2D eigenvalue weighted by molar-refractivity contribution is -0.127. The molecule has 0 spiro atoms. The molecule has 164 valence electrons. The van der Waals surface area contributed by atoms with Crippen LogP contribution in [0.25, 0.3) is 10.2 Å². The van der Waals surface area contributed by atoms with Gasteiger partial charge in [0.2, 0.25) is 0 Å². The molecule has 3 amide bonds. The molecule has 8 nitrogen and oxygen atoms in total. The van der Waals surface area contributed by atoms with Crippen molar-refractivity contribution in [1.29, 1.82) is 0 Å². The van der Waals surface area contributed by atoms with E-state index in [2.05, 4.69) is 28.1 Å². The SMILES string of the molecule is CC1CCCN(C2=NC3C(C(=O)NC(=O)N3C)N2CCSc2nc3ccccc3s2)C1. The number of likely N-dealkylation sites (tertiary alicyclic amines) is 1. The number of hydrogen-bond donors (Lipinski definition) is 1. The summed E-state index contributed by atoms with van der Waals surface area (Å²) >= 11 is 3.40. The van der Waals surface area contributed by atoms with Gasteiger partial charge in [0.25, 0.3) is 5.91 Å². The van der Waals surface area contributed by atoms with Crippen molar-refractivity contribution in [2.45, 2.75) is 36.3 Å². The van der Waals surface area contributed by atoms with Crippen molar-refractivity contribution in [3.63, 3.8) is 0 Å². The number of hydrogen-bond acceptors (Lipinski definition) is 8. The molecule has 0 bridgehead atoms. The van der Waals surface area contributed by atoms with Gasteiger partial charge < -0.3 is 14.7 Å². The van der Waals surface area contributed by atoms with Gasteiger partial charge in [0.15, 0.2) is 22.5 Å². The lowest BCUT2D eigenvalue weighted by atomic mass is 10.0. The van der Waals surface area contributed by atoms with Crippen LogP contribution in [-0.4, -0.2) is 82.2 Å². The Labute approximate surface area is 189 Å². The predicted molar refractivity (Wildman–Crippen MR) is 123 cm³/mol. The zero-order chi connectivity index (χ0) is 21.5. The fraction of sp³-hybridized carbons (Fsp3) is 0.524. The first-order chi connectivity index (χ1) is 15.0. The van der Waals surface area contributed by atoms with E-state index in [0.717, 1.165) is 41.1 Å². The Morgan fingerprint density at radius 2 is 2.13 bits per heavy atom. The highest BCUT2D eigenvalue weighted by atomic mass is 32.2. The number of guanidine groups is 1. The van der Waals surface area contributed by atoms with Gasteiger partial charge in [-0.15, -0.1) is 11.3 Å². The minimum atomic E-state index is -0.481. The van der Waals surface area contributed by atoms with Gasteiger partial charge in [0.1, 0.15) is 0 Å². The Balaban J connectivity index is 1.35. The number of thiazole rings is 1. The fourth-order valence-corrected chi connectivity index (χ4v) is 6.61. The maximum atomic E-state index is 12.8. The average molecular weight is 459 g/mol. The molecule has 2 aromatic rings. The first kappa shape index (κ1) is 20.6. The summed E-state index contributed by atoms with van der Waals surface area (Å²) in [6, 6.07) is 7.29. The van der Waals surface area contributed by atoms with Crippen LogP contribution in [0.5, 0.6) is 0 Å². The second-order valence-electron chi connectivity index (χ2n) is 8.38. The second kappa shape index (κ2) is 8.31. The summed E-state index contributed by atoms with van der Waals surface area (Å²) in [6.07, 6.45) is 1.86. The summed E-state index contributed by atoms with van der Waals surface area (Å²) in [5.74, 6) is 1.97. The van der Waals surface area contributed by atoms with Gasteiger partial charge in [-0.05, 0) is 30.9 Å². The molecular formula is C21H26N6O2S2. The number of carbonyl (C=O) groups excluding carboxylic acids is 2. The highest BCUT2D eigenvalue weighted by Crippen LogP contribution is 2.31. The monoisotopic (exact) mass is 458 g/mol. The van der Waals surface area contributed by atoms with E-state index in [0.29, 0.717) is 12.5 Å². The Kier molecular flexibility index (Phi) is 5.51. The van der Waals surface area contributed by atoms with Crippen LogP contribution in [-0.2, 0) is 4.79 Å².